The molecule has 0 aliphatic rings. The van der Waals surface area contributed by atoms with Gasteiger partial charge in [-0.15, -0.1) is 11.3 Å². The first-order valence-corrected chi connectivity index (χ1v) is 8.32. The van der Waals surface area contributed by atoms with Crippen molar-refractivity contribution in [2.75, 3.05) is 13.2 Å². The fourth-order valence-electron chi connectivity index (χ4n) is 1.69. The lowest BCUT2D eigenvalue weighted by Crippen LogP contribution is -2.34. The van der Waals surface area contributed by atoms with Gasteiger partial charge in [0, 0.05) is 6.07 Å². The predicted octanol–water partition coefficient (Wildman–Crippen LogP) is 4.24. The van der Waals surface area contributed by atoms with E-state index in [0.29, 0.717) is 8.62 Å². The molecular formula is C14H15BrF2N2O3S. The molecule has 0 bridgehead atoms. The lowest BCUT2D eigenvalue weighted by Gasteiger charge is -2.19. The van der Waals surface area contributed by atoms with Crippen LogP contribution in [0.25, 0.3) is 10.2 Å². The van der Waals surface area contributed by atoms with E-state index in [9.17, 15) is 13.6 Å². The van der Waals surface area contributed by atoms with E-state index in [1.165, 1.54) is 17.4 Å². The second-order valence-electron chi connectivity index (χ2n) is 5.59. The smallest absolute Gasteiger partial charge is 0.407 e. The summed E-state index contributed by atoms with van der Waals surface area (Å²) >= 11 is 4.30. The number of ether oxygens (including phenoxy) is 2. The third-order valence-corrected chi connectivity index (χ3v) is 3.99. The summed E-state index contributed by atoms with van der Waals surface area (Å²) in [6, 6.07) is 1.38. The van der Waals surface area contributed by atoms with Crippen LogP contribution in [0.2, 0.25) is 0 Å². The number of benzene rings is 1. The standard InChI is InChI=1S/C14H15BrF2N2O3S/c1-14(2,3)22-13(20)18-4-5-21-7-6-8-11(10(17)9(7)16)19-12(15)23-8/h6H,4-5H2,1-3H3,(H,18,20). The van der Waals surface area contributed by atoms with Gasteiger partial charge >= 0.3 is 6.09 Å². The molecule has 0 unspecified atom stereocenters. The molecule has 9 heteroatoms. The van der Waals surface area contributed by atoms with Gasteiger partial charge in [-0.1, -0.05) is 0 Å². The number of nitrogens with one attached hydrogen (secondary N) is 1. The molecule has 0 radical (unpaired) electrons. The molecule has 1 aromatic heterocycles. The van der Waals surface area contributed by atoms with Gasteiger partial charge in [-0.3, -0.25) is 0 Å². The van der Waals surface area contributed by atoms with Crippen molar-refractivity contribution >= 4 is 43.6 Å². The lowest BCUT2D eigenvalue weighted by atomic mass is 10.2. The highest BCUT2D eigenvalue weighted by molar-refractivity contribution is 9.11. The largest absolute Gasteiger partial charge is 0.489 e. The average Bonchev–Trinajstić information content (AvgIpc) is 2.79. The Balaban J connectivity index is 1.95. The number of hydrogen-bond donors (Lipinski definition) is 1. The molecule has 0 fully saturated rings. The number of hydrogen-bond acceptors (Lipinski definition) is 5. The highest BCUT2D eigenvalue weighted by Crippen LogP contribution is 2.33. The van der Waals surface area contributed by atoms with Crippen molar-refractivity contribution in [1.82, 2.24) is 10.3 Å². The average molecular weight is 409 g/mol. The van der Waals surface area contributed by atoms with E-state index < -0.39 is 23.3 Å². The summed E-state index contributed by atoms with van der Waals surface area (Å²) in [6.07, 6.45) is -0.602. The zero-order valence-corrected chi connectivity index (χ0v) is 15.1. The summed E-state index contributed by atoms with van der Waals surface area (Å²) in [6.45, 7) is 5.29. The molecule has 0 saturated heterocycles. The third kappa shape index (κ3) is 4.74. The highest BCUT2D eigenvalue weighted by Gasteiger charge is 2.18. The van der Waals surface area contributed by atoms with Gasteiger partial charge in [0.15, 0.2) is 15.5 Å². The van der Waals surface area contributed by atoms with Gasteiger partial charge in [0.1, 0.15) is 17.7 Å². The summed E-state index contributed by atoms with van der Waals surface area (Å²) in [5.74, 6) is -2.38. The number of halogens is 3. The first-order valence-electron chi connectivity index (χ1n) is 6.71. The molecule has 5 nitrogen and oxygen atoms in total. The van der Waals surface area contributed by atoms with E-state index in [-0.39, 0.29) is 24.4 Å². The zero-order chi connectivity index (χ0) is 17.2. The van der Waals surface area contributed by atoms with Crippen LogP contribution in [0.15, 0.2) is 9.98 Å². The van der Waals surface area contributed by atoms with Crippen LogP contribution < -0.4 is 10.1 Å². The van der Waals surface area contributed by atoms with Crippen LogP contribution in [0, 0.1) is 11.6 Å². The molecule has 0 aliphatic heterocycles. The van der Waals surface area contributed by atoms with Crippen molar-refractivity contribution in [2.24, 2.45) is 0 Å². The number of amides is 1. The zero-order valence-electron chi connectivity index (χ0n) is 12.7. The van der Waals surface area contributed by atoms with E-state index in [4.69, 9.17) is 9.47 Å². The monoisotopic (exact) mass is 408 g/mol. The van der Waals surface area contributed by atoms with Crippen LogP contribution in [0.5, 0.6) is 5.75 Å². The van der Waals surface area contributed by atoms with Crippen molar-refractivity contribution in [1.29, 1.82) is 0 Å². The second kappa shape index (κ2) is 6.96. The van der Waals surface area contributed by atoms with Crippen LogP contribution >= 0.6 is 27.3 Å². The predicted molar refractivity (Wildman–Crippen MR) is 87.0 cm³/mol. The van der Waals surface area contributed by atoms with Crippen LogP contribution in [0.3, 0.4) is 0 Å². The van der Waals surface area contributed by atoms with Crippen LogP contribution in [0.1, 0.15) is 20.8 Å². The lowest BCUT2D eigenvalue weighted by molar-refractivity contribution is 0.0520. The number of nitrogens with zero attached hydrogens (tertiary/aromatic N) is 1. The Bertz CT molecular complexity index is 731. The molecule has 0 atom stereocenters. The molecule has 0 spiro atoms. The minimum atomic E-state index is -1.10. The molecule has 1 aromatic carbocycles. The van der Waals surface area contributed by atoms with Crippen molar-refractivity contribution in [3.05, 3.63) is 21.6 Å². The quantitative estimate of drug-likeness (QED) is 0.768. The first kappa shape index (κ1) is 17.9. The first-order chi connectivity index (χ1) is 10.7. The minimum Gasteiger partial charge on any atom is -0.489 e. The minimum absolute atomic E-state index is 0.0267. The topological polar surface area (TPSA) is 60.5 Å². The molecule has 2 aromatic rings. The molecule has 0 saturated carbocycles. The summed E-state index contributed by atoms with van der Waals surface area (Å²) in [5, 5.41) is 2.47. The van der Waals surface area contributed by atoms with Crippen molar-refractivity contribution in [3.8, 4) is 5.75 Å². The van der Waals surface area contributed by atoms with Gasteiger partial charge in [-0.05, 0) is 36.7 Å². The summed E-state index contributed by atoms with van der Waals surface area (Å²) < 4.78 is 38.9. The molecule has 1 N–H and O–H groups in total. The number of alkyl carbamates (subject to hydrolysis) is 1. The SMILES string of the molecule is CC(C)(C)OC(=O)NCCOc1cc2sc(Br)nc2c(F)c1F. The molecule has 0 aliphatic carbocycles. The van der Waals surface area contributed by atoms with Crippen molar-refractivity contribution in [3.63, 3.8) is 0 Å². The van der Waals surface area contributed by atoms with Gasteiger partial charge in [-0.2, -0.15) is 4.39 Å². The molecule has 2 rings (SSSR count). The summed E-state index contributed by atoms with van der Waals surface area (Å²) in [5.41, 5.74) is -0.649. The maximum atomic E-state index is 13.9. The molecule has 126 valence electrons. The van der Waals surface area contributed by atoms with Crippen LogP contribution in [-0.2, 0) is 4.74 Å². The number of carbonyl (C=O) groups excluding carboxylic acids is 1. The fraction of sp³-hybridized carbons (Fsp3) is 0.429. The number of thiazole rings is 1. The molecule has 1 amide bonds. The maximum Gasteiger partial charge on any atom is 0.407 e. The van der Waals surface area contributed by atoms with Crippen molar-refractivity contribution in [2.45, 2.75) is 26.4 Å². The summed E-state index contributed by atoms with van der Waals surface area (Å²) in [4.78, 5) is 15.3. The Hall–Kier alpha value is -1.48. The van der Waals surface area contributed by atoms with Gasteiger partial charge < -0.3 is 14.8 Å². The maximum absolute atomic E-state index is 13.9. The van der Waals surface area contributed by atoms with E-state index in [1.807, 2.05) is 0 Å². The van der Waals surface area contributed by atoms with Gasteiger partial charge in [0.05, 0.1) is 11.2 Å². The van der Waals surface area contributed by atoms with E-state index in [2.05, 4.69) is 26.2 Å². The van der Waals surface area contributed by atoms with Crippen LogP contribution in [-0.4, -0.2) is 29.8 Å². The Morgan fingerprint density at radius 1 is 1.39 bits per heavy atom. The Kier molecular flexibility index (Phi) is 5.41. The Morgan fingerprint density at radius 2 is 2.09 bits per heavy atom. The number of rotatable bonds is 4. The number of aromatic nitrogens is 1. The summed E-state index contributed by atoms with van der Waals surface area (Å²) in [7, 11) is 0. The van der Waals surface area contributed by atoms with Gasteiger partial charge in [0.2, 0.25) is 5.82 Å². The van der Waals surface area contributed by atoms with Gasteiger partial charge in [-0.25, -0.2) is 14.2 Å². The highest BCUT2D eigenvalue weighted by atomic mass is 79.9. The molecular weight excluding hydrogens is 394 g/mol. The van der Waals surface area contributed by atoms with E-state index in [0.717, 1.165) is 0 Å². The van der Waals surface area contributed by atoms with E-state index in [1.54, 1.807) is 20.8 Å². The second-order valence-corrected chi connectivity index (χ2v) is 7.90. The Morgan fingerprint density at radius 3 is 2.74 bits per heavy atom. The van der Waals surface area contributed by atoms with Gasteiger partial charge in [0.25, 0.3) is 0 Å². The number of fused-ring (bicyclic) bond motifs is 1. The number of carbonyl (C=O) groups is 1. The molecule has 1 heterocycles. The van der Waals surface area contributed by atoms with Crippen LogP contribution in [0.4, 0.5) is 13.6 Å². The fourth-order valence-corrected chi connectivity index (χ4v) is 3.10. The van der Waals surface area contributed by atoms with Crippen molar-refractivity contribution < 1.29 is 23.0 Å². The Labute approximate surface area is 144 Å². The third-order valence-electron chi connectivity index (χ3n) is 2.53. The van der Waals surface area contributed by atoms with E-state index >= 15 is 0 Å². The normalized spacial score (nSPS) is 11.6. The molecule has 23 heavy (non-hydrogen) atoms.